The quantitative estimate of drug-likeness (QED) is 0.791. The van der Waals surface area contributed by atoms with E-state index in [0.29, 0.717) is 5.56 Å². The Morgan fingerprint density at radius 2 is 1.70 bits per heavy atom. The van der Waals surface area contributed by atoms with Gasteiger partial charge in [0.15, 0.2) is 0 Å². The van der Waals surface area contributed by atoms with Gasteiger partial charge < -0.3 is 5.11 Å². The Labute approximate surface area is 77.7 Å². The molecule has 0 aliphatic rings. The first-order valence-corrected chi connectivity index (χ1v) is 2.59. The van der Waals surface area contributed by atoms with Gasteiger partial charge in [-0.15, -0.1) is 0 Å². The zero-order chi connectivity index (χ0) is 6.69. The number of carbonyl (C=O) groups is 1. The molecule has 0 atom stereocenters. The molecule has 1 aromatic carbocycles. The number of benzene rings is 1. The summed E-state index contributed by atoms with van der Waals surface area (Å²) in [6, 6.07) is 8.30. The van der Waals surface area contributed by atoms with Crippen molar-refractivity contribution >= 4 is 31.8 Å². The first-order valence-electron chi connectivity index (χ1n) is 2.59. The number of rotatable bonds is 1. The Kier molecular flexibility index (Phi) is 4.19. The molecule has 10 heavy (non-hydrogen) atoms. The van der Waals surface area contributed by atoms with Crippen LogP contribution in [0.2, 0.25) is 0 Å². The van der Waals surface area contributed by atoms with Crippen LogP contribution in [-0.4, -0.2) is 36.9 Å². The summed E-state index contributed by atoms with van der Waals surface area (Å²) in [6.45, 7) is 0. The maximum atomic E-state index is 10.2. The molecule has 0 unspecified atom stereocenters. The van der Waals surface area contributed by atoms with E-state index in [-0.39, 0.29) is 25.8 Å². The first-order chi connectivity index (χ1) is 4.30. The Morgan fingerprint density at radius 3 is 2.00 bits per heavy atom. The van der Waals surface area contributed by atoms with E-state index in [0.717, 1.165) is 0 Å². The second-order valence-electron chi connectivity index (χ2n) is 1.67. The Balaban J connectivity index is 0.000000810. The minimum atomic E-state index is -0.879. The van der Waals surface area contributed by atoms with Gasteiger partial charge >= 0.3 is 5.97 Å². The molecule has 0 spiro atoms. The summed E-state index contributed by atoms with van der Waals surface area (Å²) >= 11 is 0. The van der Waals surface area contributed by atoms with Crippen molar-refractivity contribution in [3.05, 3.63) is 35.9 Å². The van der Waals surface area contributed by atoms with Crippen LogP contribution in [0.15, 0.2) is 30.3 Å². The van der Waals surface area contributed by atoms with Crippen molar-refractivity contribution in [3.63, 3.8) is 0 Å². The molecular weight excluding hydrogens is 231 g/mol. The molecule has 0 aliphatic heterocycles. The van der Waals surface area contributed by atoms with Gasteiger partial charge in [-0.05, 0) is 12.1 Å². The number of hydrogen-bond donors (Lipinski definition) is 1. The maximum absolute atomic E-state index is 10.2. The Bertz CT molecular complexity index is 208. The SMILES string of the molecule is O=C(O)c1ccccc1.[In]. The summed E-state index contributed by atoms with van der Waals surface area (Å²) < 4.78 is 0. The molecule has 1 N–H and O–H groups in total. The molecule has 0 aliphatic carbocycles. The van der Waals surface area contributed by atoms with Crippen molar-refractivity contribution in [3.8, 4) is 0 Å². The third kappa shape index (κ3) is 2.43. The molecule has 0 amide bonds. The number of carboxylic acids is 1. The minimum absolute atomic E-state index is 0. The third-order valence-electron chi connectivity index (χ3n) is 1.02. The molecule has 3 radical (unpaired) electrons. The first kappa shape index (κ1) is 9.56. The van der Waals surface area contributed by atoms with Crippen molar-refractivity contribution < 1.29 is 9.90 Å². The van der Waals surface area contributed by atoms with Gasteiger partial charge in [0.25, 0.3) is 0 Å². The van der Waals surface area contributed by atoms with Gasteiger partial charge in [0.1, 0.15) is 0 Å². The fourth-order valence-electron chi connectivity index (χ4n) is 0.581. The molecule has 0 aromatic heterocycles. The molecule has 0 heterocycles. The Hall–Kier alpha value is -0.440. The molecular formula is C7H6InO2. The summed E-state index contributed by atoms with van der Waals surface area (Å²) in [6.07, 6.45) is 0. The van der Waals surface area contributed by atoms with Crippen molar-refractivity contribution in [1.29, 1.82) is 0 Å². The van der Waals surface area contributed by atoms with Crippen molar-refractivity contribution in [1.82, 2.24) is 0 Å². The third-order valence-corrected chi connectivity index (χ3v) is 1.02. The summed E-state index contributed by atoms with van der Waals surface area (Å²) in [4.78, 5) is 10.2. The van der Waals surface area contributed by atoms with Crippen LogP contribution in [0.4, 0.5) is 0 Å². The zero-order valence-corrected chi connectivity index (χ0v) is 8.62. The predicted molar refractivity (Wildman–Crippen MR) is 39.2 cm³/mol. The fourth-order valence-corrected chi connectivity index (χ4v) is 0.581. The molecule has 3 heteroatoms. The van der Waals surface area contributed by atoms with Crippen LogP contribution in [-0.2, 0) is 0 Å². The average Bonchev–Trinajstić information content (AvgIpc) is 1.90. The number of carboxylic acid groups (broad SMARTS) is 1. The van der Waals surface area contributed by atoms with E-state index < -0.39 is 5.97 Å². The van der Waals surface area contributed by atoms with Crippen LogP contribution in [0, 0.1) is 0 Å². The van der Waals surface area contributed by atoms with Crippen molar-refractivity contribution in [2.45, 2.75) is 0 Å². The van der Waals surface area contributed by atoms with Crippen LogP contribution in [0.3, 0.4) is 0 Å². The standard InChI is InChI=1S/C7H6O2.In/c8-7(9)6-4-2-1-3-5-6;/h1-5H,(H,8,9);. The van der Waals surface area contributed by atoms with Crippen LogP contribution < -0.4 is 0 Å². The van der Waals surface area contributed by atoms with E-state index in [9.17, 15) is 4.79 Å². The van der Waals surface area contributed by atoms with E-state index >= 15 is 0 Å². The summed E-state index contributed by atoms with van der Waals surface area (Å²) in [5, 5.41) is 8.38. The van der Waals surface area contributed by atoms with E-state index in [4.69, 9.17) is 5.11 Å². The molecule has 2 nitrogen and oxygen atoms in total. The topological polar surface area (TPSA) is 37.3 Å². The van der Waals surface area contributed by atoms with Gasteiger partial charge in [-0.3, -0.25) is 0 Å². The molecule has 0 saturated heterocycles. The van der Waals surface area contributed by atoms with E-state index in [1.807, 2.05) is 0 Å². The molecule has 0 saturated carbocycles. The predicted octanol–water partition coefficient (Wildman–Crippen LogP) is 1.00. The van der Waals surface area contributed by atoms with Gasteiger partial charge in [-0.25, -0.2) is 4.79 Å². The molecule has 0 fully saturated rings. The summed E-state index contributed by atoms with van der Waals surface area (Å²) in [7, 11) is 0. The zero-order valence-electron chi connectivity index (χ0n) is 5.32. The molecule has 1 aromatic rings. The normalized spacial score (nSPS) is 8.00. The van der Waals surface area contributed by atoms with Crippen LogP contribution in [0.1, 0.15) is 10.4 Å². The van der Waals surface area contributed by atoms with E-state index in [1.54, 1.807) is 30.3 Å². The van der Waals surface area contributed by atoms with E-state index in [1.165, 1.54) is 0 Å². The maximum Gasteiger partial charge on any atom is 0.335 e. The second-order valence-corrected chi connectivity index (χ2v) is 1.67. The van der Waals surface area contributed by atoms with Gasteiger partial charge in [0.05, 0.1) is 5.56 Å². The molecule has 1 rings (SSSR count). The average molecular weight is 237 g/mol. The molecule has 49 valence electrons. The number of hydrogen-bond acceptors (Lipinski definition) is 1. The van der Waals surface area contributed by atoms with Crippen LogP contribution in [0.5, 0.6) is 0 Å². The summed E-state index contributed by atoms with van der Waals surface area (Å²) in [5.74, 6) is -0.879. The Morgan fingerprint density at radius 1 is 1.20 bits per heavy atom. The summed E-state index contributed by atoms with van der Waals surface area (Å²) in [5.41, 5.74) is 0.331. The van der Waals surface area contributed by atoms with Crippen LogP contribution >= 0.6 is 0 Å². The van der Waals surface area contributed by atoms with Gasteiger partial charge in [0, 0.05) is 25.8 Å². The van der Waals surface area contributed by atoms with Crippen molar-refractivity contribution in [2.75, 3.05) is 0 Å². The minimum Gasteiger partial charge on any atom is -0.478 e. The van der Waals surface area contributed by atoms with Gasteiger partial charge in [0.2, 0.25) is 0 Å². The van der Waals surface area contributed by atoms with Gasteiger partial charge in [-0.1, -0.05) is 18.2 Å². The second kappa shape index (κ2) is 4.39. The molecule has 0 bridgehead atoms. The van der Waals surface area contributed by atoms with Crippen molar-refractivity contribution in [2.24, 2.45) is 0 Å². The fraction of sp³-hybridized carbons (Fsp3) is 0. The van der Waals surface area contributed by atoms with Gasteiger partial charge in [-0.2, -0.15) is 0 Å². The van der Waals surface area contributed by atoms with Crippen LogP contribution in [0.25, 0.3) is 0 Å². The smallest absolute Gasteiger partial charge is 0.335 e. The number of aromatic carboxylic acids is 1. The monoisotopic (exact) mass is 237 g/mol. The van der Waals surface area contributed by atoms with E-state index in [2.05, 4.69) is 0 Å². The largest absolute Gasteiger partial charge is 0.478 e.